The molecule has 0 bridgehead atoms. The molecule has 0 radical (unpaired) electrons. The maximum Gasteiger partial charge on any atom is 0.360 e. The Morgan fingerprint density at radius 3 is 2.58 bits per heavy atom. The van der Waals surface area contributed by atoms with Gasteiger partial charge in [0.15, 0.2) is 0 Å². The number of aromatic nitrogens is 2. The minimum Gasteiger partial charge on any atom is -0.497 e. The van der Waals surface area contributed by atoms with Crippen molar-refractivity contribution < 1.29 is 18.3 Å². The van der Waals surface area contributed by atoms with Gasteiger partial charge >= 0.3 is 13.3 Å². The highest BCUT2D eigenvalue weighted by Gasteiger charge is 2.36. The summed E-state index contributed by atoms with van der Waals surface area (Å²) in [4.78, 5) is 25.5. The van der Waals surface area contributed by atoms with Gasteiger partial charge in [-0.1, -0.05) is 0 Å². The fourth-order valence-corrected chi connectivity index (χ4v) is 4.45. The van der Waals surface area contributed by atoms with Crippen LogP contribution in [0.2, 0.25) is 0 Å². The molecule has 0 unspecified atom stereocenters. The Morgan fingerprint density at radius 2 is 1.96 bits per heavy atom. The van der Waals surface area contributed by atoms with Gasteiger partial charge in [0.1, 0.15) is 5.76 Å². The van der Waals surface area contributed by atoms with Crippen LogP contribution in [-0.2, 0) is 24.9 Å². The Bertz CT molecular complexity index is 769. The van der Waals surface area contributed by atoms with E-state index in [1.165, 1.54) is 10.8 Å². The summed E-state index contributed by atoms with van der Waals surface area (Å²) in [5.41, 5.74) is -0.431. The number of allylic oxidation sites excluding steroid dienone is 1. The summed E-state index contributed by atoms with van der Waals surface area (Å²) in [6.45, 7) is 6.39. The van der Waals surface area contributed by atoms with Crippen LogP contribution < -0.4 is 11.2 Å². The number of rotatable bonds is 8. The van der Waals surface area contributed by atoms with Crippen LogP contribution in [0.3, 0.4) is 0 Å². The van der Waals surface area contributed by atoms with Crippen molar-refractivity contribution in [1.82, 2.24) is 9.55 Å². The lowest BCUT2D eigenvalue weighted by Gasteiger charge is -2.18. The zero-order chi connectivity index (χ0) is 17.7. The van der Waals surface area contributed by atoms with Gasteiger partial charge in [-0.2, -0.15) is 0 Å². The zero-order valence-electron chi connectivity index (χ0n) is 14.2. The lowest BCUT2D eigenvalue weighted by molar-refractivity contribution is 0.224. The molecule has 0 saturated heterocycles. The summed E-state index contributed by atoms with van der Waals surface area (Å²) in [5.74, 6) is 0.538. The standard InChI is InChI=1S/C15H23N2O6P/c1-4-22-24(20,23-5-2)13-7-9-21-12(13)6-8-17-10-11(3)14(18)16-15(17)19/h10H,4-9H2,1-3H3,(H,16,18,19). The van der Waals surface area contributed by atoms with Crippen molar-refractivity contribution in [2.24, 2.45) is 0 Å². The summed E-state index contributed by atoms with van der Waals surface area (Å²) >= 11 is 0. The molecular weight excluding hydrogens is 335 g/mol. The van der Waals surface area contributed by atoms with Crippen molar-refractivity contribution in [3.8, 4) is 0 Å². The molecule has 134 valence electrons. The molecule has 0 spiro atoms. The number of aromatic amines is 1. The Labute approximate surface area is 140 Å². The highest BCUT2D eigenvalue weighted by Crippen LogP contribution is 2.60. The third-order valence-electron chi connectivity index (χ3n) is 3.63. The normalized spacial score (nSPS) is 15.0. The third kappa shape index (κ3) is 4.06. The predicted molar refractivity (Wildman–Crippen MR) is 89.1 cm³/mol. The van der Waals surface area contributed by atoms with E-state index in [2.05, 4.69) is 4.98 Å². The maximum absolute atomic E-state index is 12.9. The summed E-state index contributed by atoms with van der Waals surface area (Å²) in [6, 6.07) is 0. The van der Waals surface area contributed by atoms with Crippen LogP contribution in [0.5, 0.6) is 0 Å². The van der Waals surface area contributed by atoms with E-state index in [4.69, 9.17) is 13.8 Å². The molecule has 9 heteroatoms. The van der Waals surface area contributed by atoms with Gasteiger partial charge in [0.05, 0.1) is 25.1 Å². The van der Waals surface area contributed by atoms with Gasteiger partial charge in [0.2, 0.25) is 0 Å². The van der Waals surface area contributed by atoms with E-state index in [9.17, 15) is 14.2 Å². The number of H-pyrrole nitrogens is 1. The van der Waals surface area contributed by atoms with Crippen LogP contribution in [0, 0.1) is 6.92 Å². The minimum absolute atomic E-state index is 0.270. The summed E-state index contributed by atoms with van der Waals surface area (Å²) < 4.78 is 30.6. The van der Waals surface area contributed by atoms with E-state index < -0.39 is 18.8 Å². The average Bonchev–Trinajstić information content (AvgIpc) is 2.99. The molecule has 2 heterocycles. The highest BCUT2D eigenvalue weighted by molar-refractivity contribution is 7.58. The van der Waals surface area contributed by atoms with Crippen LogP contribution in [-0.4, -0.2) is 29.4 Å². The molecule has 0 fully saturated rings. The summed E-state index contributed by atoms with van der Waals surface area (Å²) in [6.07, 6.45) is 2.35. The number of nitrogens with zero attached hydrogens (tertiary/aromatic N) is 1. The smallest absolute Gasteiger partial charge is 0.360 e. The molecule has 0 amide bonds. The Balaban J connectivity index is 2.24. The van der Waals surface area contributed by atoms with Crippen molar-refractivity contribution in [2.45, 2.75) is 40.2 Å². The van der Waals surface area contributed by atoms with E-state index in [0.717, 1.165) is 0 Å². The molecule has 0 saturated carbocycles. The van der Waals surface area contributed by atoms with Gasteiger partial charge in [-0.3, -0.25) is 18.9 Å². The molecule has 1 aromatic heterocycles. The first kappa shape index (κ1) is 18.7. The predicted octanol–water partition coefficient (Wildman–Crippen LogP) is 2.13. The lowest BCUT2D eigenvalue weighted by Crippen LogP contribution is -2.30. The first-order valence-electron chi connectivity index (χ1n) is 7.96. The molecule has 0 aliphatic carbocycles. The highest BCUT2D eigenvalue weighted by atomic mass is 31.2. The summed E-state index contributed by atoms with van der Waals surface area (Å²) in [7, 11) is -3.36. The number of nitrogens with one attached hydrogen (secondary N) is 1. The molecule has 1 N–H and O–H groups in total. The van der Waals surface area contributed by atoms with Crippen molar-refractivity contribution in [2.75, 3.05) is 19.8 Å². The van der Waals surface area contributed by atoms with Gasteiger partial charge in [0, 0.05) is 31.1 Å². The third-order valence-corrected chi connectivity index (χ3v) is 5.96. The molecule has 2 rings (SSSR count). The van der Waals surface area contributed by atoms with Gasteiger partial charge in [-0.05, 0) is 20.8 Å². The fraction of sp³-hybridized carbons (Fsp3) is 0.600. The SMILES string of the molecule is CCOP(=O)(OCC)C1=C(CCn2cc(C)c(=O)[nH]c2=O)OCC1. The van der Waals surface area contributed by atoms with Crippen molar-refractivity contribution in [3.05, 3.63) is 43.7 Å². The second-order valence-corrected chi connectivity index (χ2v) is 7.37. The van der Waals surface area contributed by atoms with Gasteiger partial charge in [-0.15, -0.1) is 0 Å². The molecule has 1 aliphatic heterocycles. The first-order chi connectivity index (χ1) is 11.4. The van der Waals surface area contributed by atoms with E-state index >= 15 is 0 Å². The number of hydrogen-bond donors (Lipinski definition) is 1. The maximum atomic E-state index is 12.9. The van der Waals surface area contributed by atoms with E-state index in [-0.39, 0.29) is 13.2 Å². The van der Waals surface area contributed by atoms with E-state index in [1.807, 2.05) is 0 Å². The van der Waals surface area contributed by atoms with Crippen molar-refractivity contribution in [1.29, 1.82) is 0 Å². The van der Waals surface area contributed by atoms with Crippen LogP contribution in [0.1, 0.15) is 32.3 Å². The molecule has 0 atom stereocenters. The van der Waals surface area contributed by atoms with Gasteiger partial charge in [0.25, 0.3) is 5.56 Å². The number of aryl methyl sites for hydroxylation is 2. The molecule has 0 aromatic carbocycles. The molecule has 24 heavy (non-hydrogen) atoms. The largest absolute Gasteiger partial charge is 0.497 e. The van der Waals surface area contributed by atoms with Gasteiger partial charge < -0.3 is 13.8 Å². The second kappa shape index (κ2) is 7.96. The Kier molecular flexibility index (Phi) is 6.21. The minimum atomic E-state index is -3.36. The molecule has 1 aliphatic rings. The number of ether oxygens (including phenoxy) is 1. The Morgan fingerprint density at radius 1 is 1.29 bits per heavy atom. The van der Waals surface area contributed by atoms with Crippen LogP contribution in [0.15, 0.2) is 26.9 Å². The van der Waals surface area contributed by atoms with Crippen LogP contribution in [0.4, 0.5) is 0 Å². The van der Waals surface area contributed by atoms with Crippen LogP contribution in [0.25, 0.3) is 0 Å². The van der Waals surface area contributed by atoms with Crippen molar-refractivity contribution in [3.63, 3.8) is 0 Å². The molecule has 8 nitrogen and oxygen atoms in total. The second-order valence-electron chi connectivity index (χ2n) is 5.32. The molecular formula is C15H23N2O6P. The van der Waals surface area contributed by atoms with E-state index in [1.54, 1.807) is 20.8 Å². The summed E-state index contributed by atoms with van der Waals surface area (Å²) in [5, 5.41) is 0.542. The van der Waals surface area contributed by atoms with E-state index in [0.29, 0.717) is 42.6 Å². The monoisotopic (exact) mass is 358 g/mol. The van der Waals surface area contributed by atoms with Crippen molar-refractivity contribution >= 4 is 7.60 Å². The zero-order valence-corrected chi connectivity index (χ0v) is 15.1. The van der Waals surface area contributed by atoms with Gasteiger partial charge in [-0.25, -0.2) is 4.79 Å². The quantitative estimate of drug-likeness (QED) is 0.715. The lowest BCUT2D eigenvalue weighted by atomic mass is 10.3. The number of hydrogen-bond acceptors (Lipinski definition) is 6. The van der Waals surface area contributed by atoms with Crippen LogP contribution >= 0.6 is 7.60 Å². The average molecular weight is 358 g/mol. The topological polar surface area (TPSA) is 99.6 Å². The molecule has 1 aromatic rings. The first-order valence-corrected chi connectivity index (χ1v) is 9.50. The Hall–Kier alpha value is -1.63. The fourth-order valence-electron chi connectivity index (χ4n) is 2.54.